The Morgan fingerprint density at radius 1 is 1.29 bits per heavy atom. The fraction of sp³-hybridized carbons (Fsp3) is 0.400. The lowest BCUT2D eigenvalue weighted by Crippen LogP contribution is -2.20. The maximum absolute atomic E-state index is 11.1. The number of hydrogen-bond donors (Lipinski definition) is 0. The molecule has 14 heavy (non-hydrogen) atoms. The second kappa shape index (κ2) is 3.71. The fourth-order valence-electron chi connectivity index (χ4n) is 1.64. The van der Waals surface area contributed by atoms with E-state index >= 15 is 0 Å². The van der Waals surface area contributed by atoms with Gasteiger partial charge in [0.25, 0.3) is 0 Å². The molecule has 1 fully saturated rings. The van der Waals surface area contributed by atoms with Gasteiger partial charge >= 0.3 is 0 Å². The second-order valence-corrected chi connectivity index (χ2v) is 5.31. The monoisotopic (exact) mass is 210 g/mol. The first-order valence-electron chi connectivity index (χ1n) is 4.64. The fourth-order valence-corrected chi connectivity index (χ4v) is 2.95. The molecule has 1 heterocycles. The van der Waals surface area contributed by atoms with Crippen molar-refractivity contribution in [3.8, 4) is 0 Å². The first kappa shape index (κ1) is 9.68. The van der Waals surface area contributed by atoms with E-state index in [-0.39, 0.29) is 11.8 Å². The molecule has 3 nitrogen and oxygen atoms in total. The first-order chi connectivity index (χ1) is 6.66. The minimum atomic E-state index is -3.09. The third kappa shape index (κ3) is 2.33. The van der Waals surface area contributed by atoms with Crippen molar-refractivity contribution >= 4 is 10.0 Å². The topological polar surface area (TPSA) is 48.2 Å². The molecule has 1 atom stereocenters. The van der Waals surface area contributed by atoms with Crippen molar-refractivity contribution in [1.82, 2.24) is 4.72 Å². The standard InChI is InChI=1S/C10H12NO2S/c12-14(13)7-6-10(11-14)8-9-4-2-1-3-5-9/h1-5,10H,6-8H2. The molecule has 1 unspecified atom stereocenters. The number of hydrogen-bond acceptors (Lipinski definition) is 2. The summed E-state index contributed by atoms with van der Waals surface area (Å²) < 4.78 is 25.9. The Morgan fingerprint density at radius 3 is 2.57 bits per heavy atom. The SMILES string of the molecule is O=S1(=O)CCC(Cc2ccccc2)[N]1. The molecule has 4 heteroatoms. The van der Waals surface area contributed by atoms with Crippen molar-refractivity contribution in [2.45, 2.75) is 18.9 Å². The molecule has 1 aromatic rings. The summed E-state index contributed by atoms with van der Waals surface area (Å²) in [6, 6.07) is 9.83. The molecule has 1 radical (unpaired) electrons. The molecule has 0 N–H and O–H groups in total. The Morgan fingerprint density at radius 2 is 2.00 bits per heavy atom. The summed E-state index contributed by atoms with van der Waals surface area (Å²) in [5.41, 5.74) is 1.15. The molecule has 0 spiro atoms. The van der Waals surface area contributed by atoms with Crippen LogP contribution in [0.2, 0.25) is 0 Å². The Labute approximate surface area is 84.2 Å². The van der Waals surface area contributed by atoms with Gasteiger partial charge in [-0.25, -0.2) is 8.42 Å². The van der Waals surface area contributed by atoms with Crippen LogP contribution >= 0.6 is 0 Å². The highest BCUT2D eigenvalue weighted by molar-refractivity contribution is 7.89. The Kier molecular flexibility index (Phi) is 2.56. The van der Waals surface area contributed by atoms with Crippen LogP contribution in [-0.2, 0) is 16.4 Å². The molecule has 1 aliphatic rings. The van der Waals surface area contributed by atoms with E-state index in [1.807, 2.05) is 30.3 Å². The van der Waals surface area contributed by atoms with Crippen LogP contribution in [0.3, 0.4) is 0 Å². The minimum absolute atomic E-state index is 0.0394. The third-order valence-corrected chi connectivity index (χ3v) is 3.70. The normalized spacial score (nSPS) is 25.0. The zero-order chi connectivity index (χ0) is 10.0. The molecule has 0 amide bonds. The zero-order valence-electron chi connectivity index (χ0n) is 7.76. The second-order valence-electron chi connectivity index (χ2n) is 3.52. The van der Waals surface area contributed by atoms with Crippen LogP contribution in [0.4, 0.5) is 0 Å². The summed E-state index contributed by atoms with van der Waals surface area (Å²) >= 11 is 0. The van der Waals surface area contributed by atoms with Crippen LogP contribution in [0, 0.1) is 0 Å². The average molecular weight is 210 g/mol. The van der Waals surface area contributed by atoms with E-state index in [9.17, 15) is 8.42 Å². The summed E-state index contributed by atoms with van der Waals surface area (Å²) in [4.78, 5) is 0. The molecule has 0 aliphatic carbocycles. The van der Waals surface area contributed by atoms with Crippen molar-refractivity contribution in [3.63, 3.8) is 0 Å². The largest absolute Gasteiger partial charge is 0.228 e. The van der Waals surface area contributed by atoms with Gasteiger partial charge in [-0.15, -0.1) is 4.72 Å². The van der Waals surface area contributed by atoms with Crippen molar-refractivity contribution in [2.24, 2.45) is 0 Å². The molecule has 1 saturated heterocycles. The van der Waals surface area contributed by atoms with Gasteiger partial charge in [-0.1, -0.05) is 30.3 Å². The predicted octanol–water partition coefficient (Wildman–Crippen LogP) is 0.936. The quantitative estimate of drug-likeness (QED) is 0.729. The van der Waals surface area contributed by atoms with Gasteiger partial charge in [0.1, 0.15) is 0 Å². The molecule has 1 aromatic carbocycles. The smallest absolute Gasteiger partial charge is 0.211 e. The van der Waals surface area contributed by atoms with Gasteiger partial charge in [-0.05, 0) is 18.4 Å². The van der Waals surface area contributed by atoms with Crippen molar-refractivity contribution in [3.05, 3.63) is 35.9 Å². The van der Waals surface area contributed by atoms with E-state index in [0.717, 1.165) is 12.0 Å². The minimum Gasteiger partial charge on any atom is -0.211 e. The molecule has 2 rings (SSSR count). The van der Waals surface area contributed by atoms with Gasteiger partial charge in [0.15, 0.2) is 0 Å². The number of nitrogens with zero attached hydrogens (tertiary/aromatic N) is 1. The Hall–Kier alpha value is -0.870. The molecule has 0 aromatic heterocycles. The van der Waals surface area contributed by atoms with Crippen molar-refractivity contribution in [1.29, 1.82) is 0 Å². The maximum Gasteiger partial charge on any atom is 0.228 e. The zero-order valence-corrected chi connectivity index (χ0v) is 8.57. The van der Waals surface area contributed by atoms with Crippen LogP contribution in [0.25, 0.3) is 0 Å². The summed E-state index contributed by atoms with van der Waals surface area (Å²) in [6.45, 7) is 0. The van der Waals surface area contributed by atoms with Gasteiger partial charge in [0, 0.05) is 6.04 Å². The van der Waals surface area contributed by atoms with Crippen LogP contribution in [-0.4, -0.2) is 20.2 Å². The predicted molar refractivity (Wildman–Crippen MR) is 54.5 cm³/mol. The van der Waals surface area contributed by atoms with Gasteiger partial charge in [-0.2, -0.15) is 0 Å². The number of sulfonamides is 1. The third-order valence-electron chi connectivity index (χ3n) is 2.33. The van der Waals surface area contributed by atoms with Crippen LogP contribution in [0.1, 0.15) is 12.0 Å². The van der Waals surface area contributed by atoms with Gasteiger partial charge < -0.3 is 0 Å². The van der Waals surface area contributed by atoms with E-state index < -0.39 is 10.0 Å². The number of benzene rings is 1. The molecule has 75 valence electrons. The molecule has 1 aliphatic heterocycles. The lowest BCUT2D eigenvalue weighted by molar-refractivity contribution is 0.575. The summed E-state index contributed by atoms with van der Waals surface area (Å²) in [5, 5.41) is 0. The van der Waals surface area contributed by atoms with Gasteiger partial charge in [0.05, 0.1) is 5.75 Å². The summed E-state index contributed by atoms with van der Waals surface area (Å²) in [5.74, 6) is 0.213. The van der Waals surface area contributed by atoms with Crippen molar-refractivity contribution < 1.29 is 8.42 Å². The Bertz CT molecular complexity index is 399. The highest BCUT2D eigenvalue weighted by Gasteiger charge is 2.28. The van der Waals surface area contributed by atoms with Crippen molar-refractivity contribution in [2.75, 3.05) is 5.75 Å². The van der Waals surface area contributed by atoms with E-state index in [1.54, 1.807) is 0 Å². The van der Waals surface area contributed by atoms with Crippen LogP contribution in [0.15, 0.2) is 30.3 Å². The summed E-state index contributed by atoms with van der Waals surface area (Å²) in [7, 11) is -3.09. The van der Waals surface area contributed by atoms with E-state index in [2.05, 4.69) is 4.72 Å². The lowest BCUT2D eigenvalue weighted by atomic mass is 10.1. The molecule has 0 bridgehead atoms. The lowest BCUT2D eigenvalue weighted by Gasteiger charge is -2.05. The Balaban J connectivity index is 2.01. The van der Waals surface area contributed by atoms with Gasteiger partial charge in [0.2, 0.25) is 10.0 Å². The first-order valence-corrected chi connectivity index (χ1v) is 6.25. The molecular weight excluding hydrogens is 198 g/mol. The van der Waals surface area contributed by atoms with Crippen LogP contribution < -0.4 is 4.72 Å². The highest BCUT2D eigenvalue weighted by Crippen LogP contribution is 2.14. The highest BCUT2D eigenvalue weighted by atomic mass is 32.2. The average Bonchev–Trinajstić information content (AvgIpc) is 2.47. The van der Waals surface area contributed by atoms with Crippen LogP contribution in [0.5, 0.6) is 0 Å². The van der Waals surface area contributed by atoms with E-state index in [1.165, 1.54) is 0 Å². The van der Waals surface area contributed by atoms with E-state index in [0.29, 0.717) is 6.42 Å². The maximum atomic E-state index is 11.1. The summed E-state index contributed by atoms with van der Waals surface area (Å²) in [6.07, 6.45) is 1.40. The number of rotatable bonds is 2. The van der Waals surface area contributed by atoms with Gasteiger partial charge in [-0.3, -0.25) is 0 Å². The van der Waals surface area contributed by atoms with E-state index in [4.69, 9.17) is 0 Å². The molecule has 0 saturated carbocycles. The molecular formula is C10H12NO2S.